The Labute approximate surface area is 178 Å². The van der Waals surface area contributed by atoms with Gasteiger partial charge in [-0.25, -0.2) is 0 Å². The monoisotopic (exact) mass is 406 g/mol. The van der Waals surface area contributed by atoms with E-state index in [1.807, 2.05) is 79.7 Å². The van der Waals surface area contributed by atoms with Gasteiger partial charge in [-0.3, -0.25) is 9.78 Å². The van der Waals surface area contributed by atoms with Crippen LogP contribution in [0.15, 0.2) is 85.1 Å². The first kappa shape index (κ1) is 18.6. The largest absolute Gasteiger partial charge is 0.322 e. The number of rotatable bonds is 4. The molecule has 0 spiro atoms. The second-order valence-electron chi connectivity index (χ2n) is 7.13. The van der Waals surface area contributed by atoms with E-state index in [0.29, 0.717) is 28.4 Å². The Morgan fingerprint density at radius 3 is 2.61 bits per heavy atom. The van der Waals surface area contributed by atoms with Crippen molar-refractivity contribution in [2.45, 2.75) is 6.92 Å². The molecule has 0 bridgehead atoms. The maximum absolute atomic E-state index is 12.6. The summed E-state index contributed by atoms with van der Waals surface area (Å²) in [4.78, 5) is 16.9. The molecule has 0 unspecified atom stereocenters. The lowest BCUT2D eigenvalue weighted by molar-refractivity contribution is 0.102. The Balaban J connectivity index is 1.47. The molecule has 0 saturated carbocycles. The summed E-state index contributed by atoms with van der Waals surface area (Å²) >= 11 is 0. The quantitative estimate of drug-likeness (QED) is 0.478. The zero-order valence-electron chi connectivity index (χ0n) is 16.7. The van der Waals surface area contributed by atoms with Crippen molar-refractivity contribution in [1.29, 1.82) is 0 Å². The molecule has 0 saturated heterocycles. The number of nitrogens with zero attached hydrogens (tertiary/aromatic N) is 5. The fraction of sp³-hybridized carbons (Fsp3) is 0.0417. The van der Waals surface area contributed by atoms with Gasteiger partial charge in [-0.15, -0.1) is 10.2 Å². The summed E-state index contributed by atoms with van der Waals surface area (Å²) in [6, 6.07) is 24.4. The highest BCUT2D eigenvalue weighted by atomic mass is 16.1. The van der Waals surface area contributed by atoms with Crippen LogP contribution in [-0.2, 0) is 0 Å². The highest BCUT2D eigenvalue weighted by Crippen LogP contribution is 2.23. The van der Waals surface area contributed by atoms with E-state index in [4.69, 9.17) is 5.10 Å². The first-order chi connectivity index (χ1) is 15.2. The van der Waals surface area contributed by atoms with Gasteiger partial charge in [0.2, 0.25) is 5.82 Å². The van der Waals surface area contributed by atoms with Crippen LogP contribution >= 0.6 is 0 Å². The third-order valence-electron chi connectivity index (χ3n) is 4.85. The molecule has 3 heterocycles. The number of pyridine rings is 1. The molecule has 0 radical (unpaired) electrons. The highest BCUT2D eigenvalue weighted by molar-refractivity contribution is 6.04. The Morgan fingerprint density at radius 1 is 0.871 bits per heavy atom. The molecule has 7 nitrogen and oxygen atoms in total. The molecule has 5 aromatic rings. The molecule has 2 aromatic carbocycles. The molecule has 1 N–H and O–H groups in total. The smallest absolute Gasteiger partial charge is 0.255 e. The summed E-state index contributed by atoms with van der Waals surface area (Å²) in [5, 5.41) is 16.1. The molecule has 0 aliphatic rings. The highest BCUT2D eigenvalue weighted by Gasteiger charge is 2.12. The molecule has 150 valence electrons. The van der Waals surface area contributed by atoms with Crippen molar-refractivity contribution in [2.24, 2.45) is 0 Å². The van der Waals surface area contributed by atoms with E-state index in [0.717, 1.165) is 16.8 Å². The van der Waals surface area contributed by atoms with Gasteiger partial charge in [-0.1, -0.05) is 35.9 Å². The van der Waals surface area contributed by atoms with Crippen LogP contribution in [0, 0.1) is 6.92 Å². The summed E-state index contributed by atoms with van der Waals surface area (Å²) in [6.45, 7) is 1.96. The van der Waals surface area contributed by atoms with E-state index < -0.39 is 0 Å². The van der Waals surface area contributed by atoms with E-state index in [1.165, 1.54) is 0 Å². The van der Waals surface area contributed by atoms with Gasteiger partial charge in [0.1, 0.15) is 5.69 Å². The molecule has 0 aliphatic carbocycles. The topological polar surface area (TPSA) is 85.1 Å². The van der Waals surface area contributed by atoms with Gasteiger partial charge in [-0.05, 0) is 55.5 Å². The van der Waals surface area contributed by atoms with Crippen LogP contribution in [0.1, 0.15) is 15.9 Å². The fourth-order valence-corrected chi connectivity index (χ4v) is 3.34. The Morgan fingerprint density at radius 2 is 1.77 bits per heavy atom. The minimum absolute atomic E-state index is 0.152. The lowest BCUT2D eigenvalue weighted by atomic mass is 10.1. The molecule has 7 heteroatoms. The van der Waals surface area contributed by atoms with Crippen molar-refractivity contribution in [2.75, 3.05) is 5.32 Å². The van der Waals surface area contributed by atoms with Gasteiger partial charge >= 0.3 is 0 Å². The van der Waals surface area contributed by atoms with E-state index in [2.05, 4.69) is 20.5 Å². The molecule has 5 rings (SSSR count). The molecule has 0 atom stereocenters. The van der Waals surface area contributed by atoms with Gasteiger partial charge in [0, 0.05) is 23.0 Å². The minimum Gasteiger partial charge on any atom is -0.322 e. The molecule has 0 fully saturated rings. The van der Waals surface area contributed by atoms with Crippen molar-refractivity contribution < 1.29 is 4.79 Å². The zero-order valence-corrected chi connectivity index (χ0v) is 16.7. The van der Waals surface area contributed by atoms with Gasteiger partial charge in [0.15, 0.2) is 5.65 Å². The van der Waals surface area contributed by atoms with Crippen molar-refractivity contribution >= 4 is 17.2 Å². The van der Waals surface area contributed by atoms with Gasteiger partial charge in [0.05, 0.1) is 5.69 Å². The molecule has 0 aliphatic heterocycles. The van der Waals surface area contributed by atoms with E-state index in [-0.39, 0.29) is 5.91 Å². The minimum atomic E-state index is -0.152. The average molecular weight is 406 g/mol. The number of hydrogen-bond donors (Lipinski definition) is 1. The Hall–Kier alpha value is -4.39. The maximum Gasteiger partial charge on any atom is 0.255 e. The normalized spacial score (nSPS) is 10.9. The first-order valence-electron chi connectivity index (χ1n) is 9.80. The maximum atomic E-state index is 12.6. The van der Waals surface area contributed by atoms with Crippen LogP contribution in [0.5, 0.6) is 0 Å². The number of fused-ring (bicyclic) bond motifs is 1. The molecular formula is C24H18N6O. The zero-order chi connectivity index (χ0) is 21.2. The summed E-state index contributed by atoms with van der Waals surface area (Å²) in [5.41, 5.74) is 5.28. The van der Waals surface area contributed by atoms with Crippen molar-refractivity contribution in [3.8, 4) is 22.8 Å². The van der Waals surface area contributed by atoms with Crippen LogP contribution in [0.2, 0.25) is 0 Å². The summed E-state index contributed by atoms with van der Waals surface area (Å²) in [5.74, 6) is 0.418. The molecule has 31 heavy (non-hydrogen) atoms. The lowest BCUT2D eigenvalue weighted by Crippen LogP contribution is -2.12. The summed E-state index contributed by atoms with van der Waals surface area (Å²) in [7, 11) is 0. The summed E-state index contributed by atoms with van der Waals surface area (Å²) in [6.07, 6.45) is 1.71. The predicted molar refractivity (Wildman–Crippen MR) is 119 cm³/mol. The fourth-order valence-electron chi connectivity index (χ4n) is 3.34. The SMILES string of the molecule is Cc1cccc(C(=O)Nc2cccc(-c3ccc4nnc(-c5ccccn5)n4n3)c2)c1. The Bertz CT molecular complexity index is 1390. The number of amides is 1. The lowest BCUT2D eigenvalue weighted by Gasteiger charge is -2.08. The number of carbonyl (C=O) groups is 1. The molecule has 1 amide bonds. The van der Waals surface area contributed by atoms with E-state index in [1.54, 1.807) is 16.8 Å². The summed E-state index contributed by atoms with van der Waals surface area (Å²) < 4.78 is 1.68. The van der Waals surface area contributed by atoms with Crippen molar-refractivity contribution in [1.82, 2.24) is 24.8 Å². The third kappa shape index (κ3) is 3.76. The third-order valence-corrected chi connectivity index (χ3v) is 4.85. The van der Waals surface area contributed by atoms with Gasteiger partial charge < -0.3 is 5.32 Å². The van der Waals surface area contributed by atoms with Crippen LogP contribution < -0.4 is 5.32 Å². The van der Waals surface area contributed by atoms with E-state index in [9.17, 15) is 4.79 Å². The Kier molecular flexibility index (Phi) is 4.68. The second kappa shape index (κ2) is 7.79. The average Bonchev–Trinajstić information content (AvgIpc) is 3.23. The van der Waals surface area contributed by atoms with Crippen LogP contribution in [0.4, 0.5) is 5.69 Å². The van der Waals surface area contributed by atoms with Gasteiger partial charge in [0.25, 0.3) is 5.91 Å². The number of nitrogens with one attached hydrogen (secondary N) is 1. The molecule has 3 aromatic heterocycles. The number of anilines is 1. The van der Waals surface area contributed by atoms with Crippen molar-refractivity contribution in [3.05, 3.63) is 96.2 Å². The van der Waals surface area contributed by atoms with E-state index >= 15 is 0 Å². The van der Waals surface area contributed by atoms with Crippen LogP contribution in [-0.4, -0.2) is 30.7 Å². The molecular weight excluding hydrogens is 388 g/mol. The van der Waals surface area contributed by atoms with Crippen LogP contribution in [0.25, 0.3) is 28.4 Å². The predicted octanol–water partition coefficient (Wildman–Crippen LogP) is 4.41. The second-order valence-corrected chi connectivity index (χ2v) is 7.13. The number of carbonyl (C=O) groups excluding carboxylic acids is 1. The standard InChI is InChI=1S/C24H18N6O/c1-16-6-4-8-18(14-16)24(31)26-19-9-5-7-17(15-19)20-11-12-22-27-28-23(30(22)29-20)21-10-2-3-13-25-21/h2-15H,1H3,(H,26,31). The van der Waals surface area contributed by atoms with Gasteiger partial charge in [-0.2, -0.15) is 9.61 Å². The number of aryl methyl sites for hydroxylation is 1. The number of hydrogen-bond acceptors (Lipinski definition) is 5. The first-order valence-corrected chi connectivity index (χ1v) is 9.80. The van der Waals surface area contributed by atoms with Crippen LogP contribution in [0.3, 0.4) is 0 Å². The number of aromatic nitrogens is 5. The number of benzene rings is 2. The van der Waals surface area contributed by atoms with Crippen molar-refractivity contribution in [3.63, 3.8) is 0 Å².